The second kappa shape index (κ2) is 5.61. The fourth-order valence-corrected chi connectivity index (χ4v) is 1.94. The Kier molecular flexibility index (Phi) is 4.70. The van der Waals surface area contributed by atoms with Crippen LogP contribution in [0.5, 0.6) is 0 Å². The highest BCUT2D eigenvalue weighted by atomic mass is 16.5. The van der Waals surface area contributed by atoms with Crippen molar-refractivity contribution in [2.24, 2.45) is 5.73 Å². The first-order valence-corrected chi connectivity index (χ1v) is 5.72. The summed E-state index contributed by atoms with van der Waals surface area (Å²) in [5, 5.41) is 10.1. The van der Waals surface area contributed by atoms with Crippen LogP contribution in [0.2, 0.25) is 0 Å². The Hall–Kier alpha value is -0.650. The molecular formula is C11H22N2O3. The van der Waals surface area contributed by atoms with Crippen LogP contribution >= 0.6 is 0 Å². The lowest BCUT2D eigenvalue weighted by Crippen LogP contribution is -2.53. The number of rotatable bonds is 5. The Balaban J connectivity index is 2.48. The molecule has 1 rings (SSSR count). The molecule has 2 atom stereocenters. The number of methoxy groups -OCH3 is 1. The summed E-state index contributed by atoms with van der Waals surface area (Å²) in [4.78, 5) is 13.4. The molecule has 0 spiro atoms. The molecule has 1 heterocycles. The van der Waals surface area contributed by atoms with Crippen LogP contribution in [0.1, 0.15) is 26.2 Å². The fraction of sp³-hybridized carbons (Fsp3) is 0.909. The summed E-state index contributed by atoms with van der Waals surface area (Å²) < 4.78 is 4.93. The summed E-state index contributed by atoms with van der Waals surface area (Å²) in [5.41, 5.74) is 4.79. The molecule has 2 unspecified atom stereocenters. The zero-order chi connectivity index (χ0) is 12.2. The summed E-state index contributed by atoms with van der Waals surface area (Å²) in [7, 11) is 1.60. The minimum atomic E-state index is -0.900. The summed E-state index contributed by atoms with van der Waals surface area (Å²) in [6.45, 7) is 3.24. The molecule has 0 aromatic heterocycles. The van der Waals surface area contributed by atoms with Gasteiger partial charge in [-0.1, -0.05) is 0 Å². The number of piperidine rings is 1. The van der Waals surface area contributed by atoms with E-state index in [0.717, 1.165) is 12.8 Å². The summed E-state index contributed by atoms with van der Waals surface area (Å²) in [5.74, 6) is -0.0519. The number of nitrogens with two attached hydrogens (primary N) is 1. The van der Waals surface area contributed by atoms with Crippen LogP contribution in [-0.2, 0) is 9.53 Å². The van der Waals surface area contributed by atoms with Gasteiger partial charge in [0.2, 0.25) is 5.91 Å². The molecule has 1 aliphatic heterocycles. The standard InChI is InChI=1S/C11H22N2O3/c1-11(15,5-7-16-2)8-13-6-3-4-9(12)10(13)14/h9,15H,3-8,12H2,1-2H3. The maximum atomic E-state index is 11.7. The van der Waals surface area contributed by atoms with Crippen molar-refractivity contribution in [2.75, 3.05) is 26.8 Å². The molecule has 0 aromatic rings. The largest absolute Gasteiger partial charge is 0.388 e. The lowest BCUT2D eigenvalue weighted by atomic mass is 9.99. The van der Waals surface area contributed by atoms with Crippen molar-refractivity contribution in [3.05, 3.63) is 0 Å². The monoisotopic (exact) mass is 230 g/mol. The van der Waals surface area contributed by atoms with Gasteiger partial charge in [-0.25, -0.2) is 0 Å². The van der Waals surface area contributed by atoms with Gasteiger partial charge in [0.25, 0.3) is 0 Å². The van der Waals surface area contributed by atoms with Crippen molar-refractivity contribution in [1.29, 1.82) is 0 Å². The minimum absolute atomic E-state index is 0.0519. The third-order valence-electron chi connectivity index (χ3n) is 2.95. The van der Waals surface area contributed by atoms with Crippen molar-refractivity contribution >= 4 is 5.91 Å². The Morgan fingerprint density at radius 2 is 2.38 bits per heavy atom. The number of carbonyl (C=O) groups is 1. The zero-order valence-corrected chi connectivity index (χ0v) is 10.1. The predicted octanol–water partition coefficient (Wildman–Crippen LogP) is -0.276. The molecule has 5 heteroatoms. The van der Waals surface area contributed by atoms with Gasteiger partial charge in [-0.05, 0) is 19.8 Å². The van der Waals surface area contributed by atoms with Crippen LogP contribution in [0.15, 0.2) is 0 Å². The van der Waals surface area contributed by atoms with Gasteiger partial charge in [0, 0.05) is 33.2 Å². The normalized spacial score (nSPS) is 25.6. The van der Waals surface area contributed by atoms with E-state index in [1.807, 2.05) is 0 Å². The van der Waals surface area contributed by atoms with Crippen molar-refractivity contribution < 1.29 is 14.6 Å². The third-order valence-corrected chi connectivity index (χ3v) is 2.95. The summed E-state index contributed by atoms with van der Waals surface area (Å²) in [6.07, 6.45) is 2.17. The molecule has 0 saturated carbocycles. The van der Waals surface area contributed by atoms with Crippen LogP contribution < -0.4 is 5.73 Å². The number of carbonyl (C=O) groups excluding carboxylic acids is 1. The highest BCUT2D eigenvalue weighted by Crippen LogP contribution is 2.16. The van der Waals surface area contributed by atoms with E-state index in [4.69, 9.17) is 10.5 Å². The quantitative estimate of drug-likeness (QED) is 0.681. The Morgan fingerprint density at radius 3 is 3.00 bits per heavy atom. The molecule has 3 N–H and O–H groups in total. The molecule has 1 aliphatic rings. The molecule has 0 radical (unpaired) electrons. The van der Waals surface area contributed by atoms with Gasteiger partial charge in [0.1, 0.15) is 0 Å². The minimum Gasteiger partial charge on any atom is -0.388 e. The molecule has 1 saturated heterocycles. The first kappa shape index (κ1) is 13.4. The molecule has 94 valence electrons. The maximum absolute atomic E-state index is 11.7. The highest BCUT2D eigenvalue weighted by molar-refractivity contribution is 5.82. The number of aliphatic hydroxyl groups is 1. The van der Waals surface area contributed by atoms with E-state index in [1.54, 1.807) is 18.9 Å². The van der Waals surface area contributed by atoms with E-state index in [1.165, 1.54) is 0 Å². The number of hydrogen-bond acceptors (Lipinski definition) is 4. The lowest BCUT2D eigenvalue weighted by Gasteiger charge is -2.36. The van der Waals surface area contributed by atoms with Gasteiger partial charge in [-0.2, -0.15) is 0 Å². The highest BCUT2D eigenvalue weighted by Gasteiger charge is 2.31. The number of nitrogens with zero attached hydrogens (tertiary/aromatic N) is 1. The second-order valence-corrected chi connectivity index (χ2v) is 4.75. The number of hydrogen-bond donors (Lipinski definition) is 2. The predicted molar refractivity (Wildman–Crippen MR) is 60.9 cm³/mol. The smallest absolute Gasteiger partial charge is 0.239 e. The van der Waals surface area contributed by atoms with E-state index in [9.17, 15) is 9.90 Å². The first-order valence-electron chi connectivity index (χ1n) is 5.72. The lowest BCUT2D eigenvalue weighted by molar-refractivity contribution is -0.139. The van der Waals surface area contributed by atoms with Gasteiger partial charge in [-0.15, -0.1) is 0 Å². The van der Waals surface area contributed by atoms with Crippen LogP contribution in [0.4, 0.5) is 0 Å². The molecule has 1 amide bonds. The number of amides is 1. The Bertz CT molecular complexity index is 243. The van der Waals surface area contributed by atoms with Crippen LogP contribution in [0.3, 0.4) is 0 Å². The van der Waals surface area contributed by atoms with E-state index in [0.29, 0.717) is 26.1 Å². The number of ether oxygens (including phenoxy) is 1. The Morgan fingerprint density at radius 1 is 1.69 bits per heavy atom. The number of likely N-dealkylation sites (tertiary alicyclic amines) is 1. The van der Waals surface area contributed by atoms with E-state index in [2.05, 4.69) is 0 Å². The topological polar surface area (TPSA) is 75.8 Å². The SMILES string of the molecule is COCCC(C)(O)CN1CCCC(N)C1=O. The molecule has 1 fully saturated rings. The van der Waals surface area contributed by atoms with Gasteiger partial charge in [0.05, 0.1) is 11.6 Å². The van der Waals surface area contributed by atoms with Gasteiger partial charge >= 0.3 is 0 Å². The van der Waals surface area contributed by atoms with Crippen LogP contribution in [0.25, 0.3) is 0 Å². The van der Waals surface area contributed by atoms with E-state index in [-0.39, 0.29) is 5.91 Å². The van der Waals surface area contributed by atoms with Crippen molar-refractivity contribution in [2.45, 2.75) is 37.8 Å². The maximum Gasteiger partial charge on any atom is 0.239 e. The average molecular weight is 230 g/mol. The molecular weight excluding hydrogens is 208 g/mol. The molecule has 5 nitrogen and oxygen atoms in total. The first-order chi connectivity index (χ1) is 7.46. The molecule has 16 heavy (non-hydrogen) atoms. The summed E-state index contributed by atoms with van der Waals surface area (Å²) in [6, 6.07) is -0.396. The van der Waals surface area contributed by atoms with Gasteiger partial charge in [-0.3, -0.25) is 4.79 Å². The van der Waals surface area contributed by atoms with Crippen LogP contribution in [-0.4, -0.2) is 54.4 Å². The zero-order valence-electron chi connectivity index (χ0n) is 10.1. The van der Waals surface area contributed by atoms with Crippen LogP contribution in [0, 0.1) is 0 Å². The third kappa shape index (κ3) is 3.73. The Labute approximate surface area is 96.6 Å². The van der Waals surface area contributed by atoms with Gasteiger partial charge < -0.3 is 20.5 Å². The average Bonchev–Trinajstić information content (AvgIpc) is 2.22. The second-order valence-electron chi connectivity index (χ2n) is 4.75. The number of β-amino-alcohol motifs (C(OH)–C–C–N with tert-alkyl or cyclic N) is 1. The van der Waals surface area contributed by atoms with Crippen molar-refractivity contribution in [1.82, 2.24) is 4.90 Å². The molecule has 0 aromatic carbocycles. The molecule has 0 bridgehead atoms. The van der Waals surface area contributed by atoms with Gasteiger partial charge in [0.15, 0.2) is 0 Å². The van der Waals surface area contributed by atoms with E-state index < -0.39 is 11.6 Å². The van der Waals surface area contributed by atoms with Crippen molar-refractivity contribution in [3.8, 4) is 0 Å². The van der Waals surface area contributed by atoms with Crippen molar-refractivity contribution in [3.63, 3.8) is 0 Å². The van der Waals surface area contributed by atoms with E-state index >= 15 is 0 Å². The summed E-state index contributed by atoms with van der Waals surface area (Å²) >= 11 is 0. The molecule has 0 aliphatic carbocycles. The fourth-order valence-electron chi connectivity index (χ4n) is 1.94.